The molecule has 0 bridgehead atoms. The molecule has 1 fully saturated rings. The van der Waals surface area contributed by atoms with Gasteiger partial charge in [0.25, 0.3) is 11.6 Å². The van der Waals surface area contributed by atoms with Crippen LogP contribution in [0.25, 0.3) is 0 Å². The Hall–Kier alpha value is -2.16. The van der Waals surface area contributed by atoms with Gasteiger partial charge in [-0.1, -0.05) is 5.92 Å². The number of hydrogen-bond acceptors (Lipinski definition) is 3. The molecule has 1 aromatic rings. The monoisotopic (exact) mass is 252 g/mol. The number of terminal acetylenes is 1. The quantitative estimate of drug-likeness (QED) is 0.461. The van der Waals surface area contributed by atoms with Crippen molar-refractivity contribution in [2.75, 3.05) is 18.0 Å². The summed E-state index contributed by atoms with van der Waals surface area (Å²) in [6, 6.07) is 4.10. The molecule has 18 heavy (non-hydrogen) atoms. The molecule has 0 aliphatic carbocycles. The van der Waals surface area contributed by atoms with Crippen LogP contribution < -0.4 is 4.90 Å². The normalized spacial score (nSPS) is 17.5. The second-order valence-electron chi connectivity index (χ2n) is 4.13. The summed E-state index contributed by atoms with van der Waals surface area (Å²) in [6.45, 7) is -0.163. The van der Waals surface area contributed by atoms with Crippen LogP contribution in [0, 0.1) is 22.5 Å². The van der Waals surface area contributed by atoms with Crippen molar-refractivity contribution >= 4 is 11.4 Å². The second-order valence-corrected chi connectivity index (χ2v) is 4.13. The van der Waals surface area contributed by atoms with E-state index >= 15 is 0 Å². The number of anilines is 1. The molecule has 0 spiro atoms. The van der Waals surface area contributed by atoms with Gasteiger partial charge in [-0.25, -0.2) is 8.78 Å². The summed E-state index contributed by atoms with van der Waals surface area (Å²) < 4.78 is 26.2. The van der Waals surface area contributed by atoms with Gasteiger partial charge in [0.2, 0.25) is 0 Å². The van der Waals surface area contributed by atoms with Gasteiger partial charge in [-0.2, -0.15) is 0 Å². The number of benzene rings is 1. The molecule has 1 aliphatic heterocycles. The van der Waals surface area contributed by atoms with Gasteiger partial charge in [-0.15, -0.1) is 6.42 Å². The Kier molecular flexibility index (Phi) is 2.91. The average Bonchev–Trinajstić information content (AvgIpc) is 2.68. The molecule has 94 valence electrons. The Bertz CT molecular complexity index is 537. The zero-order chi connectivity index (χ0) is 13.3. The Morgan fingerprint density at radius 1 is 1.50 bits per heavy atom. The van der Waals surface area contributed by atoms with E-state index in [1.807, 2.05) is 0 Å². The lowest BCUT2D eigenvalue weighted by Gasteiger charge is -2.18. The highest BCUT2D eigenvalue weighted by Crippen LogP contribution is 2.32. The van der Waals surface area contributed by atoms with Gasteiger partial charge < -0.3 is 4.90 Å². The minimum atomic E-state index is -2.71. The third-order valence-electron chi connectivity index (χ3n) is 2.87. The van der Waals surface area contributed by atoms with E-state index in [0.717, 1.165) is 0 Å². The van der Waals surface area contributed by atoms with Crippen LogP contribution in [0.1, 0.15) is 12.0 Å². The highest BCUT2D eigenvalue weighted by atomic mass is 19.3. The average molecular weight is 252 g/mol. The fourth-order valence-corrected chi connectivity index (χ4v) is 1.95. The van der Waals surface area contributed by atoms with Crippen LogP contribution in [-0.2, 0) is 0 Å². The van der Waals surface area contributed by atoms with Crippen LogP contribution in [0.2, 0.25) is 0 Å². The Morgan fingerprint density at radius 3 is 2.72 bits per heavy atom. The molecular weight excluding hydrogens is 242 g/mol. The van der Waals surface area contributed by atoms with Crippen LogP contribution in [0.4, 0.5) is 20.2 Å². The van der Waals surface area contributed by atoms with Gasteiger partial charge in [0.05, 0.1) is 11.5 Å². The van der Waals surface area contributed by atoms with Crippen molar-refractivity contribution < 1.29 is 13.7 Å². The zero-order valence-electron chi connectivity index (χ0n) is 9.40. The van der Waals surface area contributed by atoms with Crippen LogP contribution in [-0.4, -0.2) is 23.9 Å². The first-order chi connectivity index (χ1) is 8.43. The second kappa shape index (κ2) is 4.26. The van der Waals surface area contributed by atoms with Crippen LogP contribution in [0.5, 0.6) is 0 Å². The molecule has 0 saturated carbocycles. The van der Waals surface area contributed by atoms with Crippen molar-refractivity contribution in [1.29, 1.82) is 0 Å². The van der Waals surface area contributed by atoms with Gasteiger partial charge in [-0.05, 0) is 12.1 Å². The molecule has 0 N–H and O–H groups in total. The smallest absolute Gasteiger partial charge is 0.285 e. The number of nitro benzene ring substituents is 1. The summed E-state index contributed by atoms with van der Waals surface area (Å²) in [5, 5.41) is 10.7. The number of nitro groups is 1. The lowest BCUT2D eigenvalue weighted by Crippen LogP contribution is -2.24. The molecular formula is C12H10F2N2O2. The molecule has 1 heterocycles. The maximum Gasteiger partial charge on any atom is 0.285 e. The van der Waals surface area contributed by atoms with Crippen LogP contribution in [0.15, 0.2) is 18.2 Å². The van der Waals surface area contributed by atoms with Gasteiger partial charge in [0.1, 0.15) is 5.56 Å². The largest absolute Gasteiger partial charge is 0.365 e. The van der Waals surface area contributed by atoms with E-state index in [4.69, 9.17) is 6.42 Å². The molecule has 0 radical (unpaired) electrons. The number of hydrogen-bond donors (Lipinski definition) is 0. The first-order valence-corrected chi connectivity index (χ1v) is 5.31. The molecule has 0 atom stereocenters. The maximum atomic E-state index is 13.1. The van der Waals surface area contributed by atoms with Crippen molar-refractivity contribution in [3.63, 3.8) is 0 Å². The first-order valence-electron chi connectivity index (χ1n) is 5.31. The summed E-state index contributed by atoms with van der Waals surface area (Å²) in [5.41, 5.74) is 0.408. The zero-order valence-corrected chi connectivity index (χ0v) is 9.40. The van der Waals surface area contributed by atoms with Crippen molar-refractivity contribution in [3.8, 4) is 12.3 Å². The number of alkyl halides is 2. The molecule has 1 saturated heterocycles. The lowest BCUT2D eigenvalue weighted by atomic mass is 10.1. The summed E-state index contributed by atoms with van der Waals surface area (Å²) in [4.78, 5) is 11.6. The molecule has 6 heteroatoms. The molecule has 0 amide bonds. The van der Waals surface area contributed by atoms with Gasteiger partial charge >= 0.3 is 0 Å². The van der Waals surface area contributed by atoms with Crippen molar-refractivity contribution in [1.82, 2.24) is 0 Å². The maximum absolute atomic E-state index is 13.1. The third-order valence-corrected chi connectivity index (χ3v) is 2.87. The van der Waals surface area contributed by atoms with E-state index in [0.29, 0.717) is 5.69 Å². The van der Waals surface area contributed by atoms with Gasteiger partial charge in [0, 0.05) is 24.7 Å². The predicted molar refractivity (Wildman–Crippen MR) is 62.8 cm³/mol. The minimum absolute atomic E-state index is 0.104. The van der Waals surface area contributed by atoms with E-state index in [1.165, 1.54) is 23.1 Å². The summed E-state index contributed by atoms with van der Waals surface area (Å²) >= 11 is 0. The van der Waals surface area contributed by atoms with Crippen LogP contribution >= 0.6 is 0 Å². The Labute approximate surface area is 102 Å². The van der Waals surface area contributed by atoms with E-state index in [-0.39, 0.29) is 30.8 Å². The highest BCUT2D eigenvalue weighted by Gasteiger charge is 2.38. The molecule has 0 unspecified atom stereocenters. The molecule has 0 aromatic heterocycles. The van der Waals surface area contributed by atoms with E-state index in [9.17, 15) is 18.9 Å². The van der Waals surface area contributed by atoms with Crippen molar-refractivity contribution in [3.05, 3.63) is 33.9 Å². The lowest BCUT2D eigenvalue weighted by molar-refractivity contribution is -0.385. The predicted octanol–water partition coefficient (Wildman–Crippen LogP) is 2.42. The van der Waals surface area contributed by atoms with Crippen LogP contribution in [0.3, 0.4) is 0 Å². The minimum Gasteiger partial charge on any atom is -0.365 e. The molecule has 1 aliphatic rings. The Balaban J connectivity index is 2.32. The van der Waals surface area contributed by atoms with E-state index < -0.39 is 10.8 Å². The van der Waals surface area contributed by atoms with Crippen molar-refractivity contribution in [2.24, 2.45) is 0 Å². The summed E-state index contributed by atoms with van der Waals surface area (Å²) in [6.07, 6.45) is 4.98. The van der Waals surface area contributed by atoms with E-state index in [2.05, 4.69) is 5.92 Å². The standard InChI is InChI=1S/C12H10F2N2O2/c1-2-9-7-10(3-4-11(9)16(17)18)15-6-5-12(13,14)8-15/h1,3-4,7H,5-6,8H2. The fraction of sp³-hybridized carbons (Fsp3) is 0.333. The molecule has 4 nitrogen and oxygen atoms in total. The number of nitrogens with zero attached hydrogens (tertiary/aromatic N) is 2. The Morgan fingerprint density at radius 2 is 2.22 bits per heavy atom. The topological polar surface area (TPSA) is 46.4 Å². The fourth-order valence-electron chi connectivity index (χ4n) is 1.95. The first kappa shape index (κ1) is 12.3. The van der Waals surface area contributed by atoms with Crippen molar-refractivity contribution in [2.45, 2.75) is 12.3 Å². The molecule has 2 rings (SSSR count). The number of halogens is 2. The SMILES string of the molecule is C#Cc1cc(N2CCC(F)(F)C2)ccc1[N+](=O)[O-]. The summed E-state index contributed by atoms with van der Waals surface area (Å²) in [7, 11) is 0. The number of rotatable bonds is 2. The highest BCUT2D eigenvalue weighted by molar-refractivity contribution is 5.61. The van der Waals surface area contributed by atoms with Gasteiger partial charge in [-0.3, -0.25) is 10.1 Å². The van der Waals surface area contributed by atoms with Gasteiger partial charge in [0.15, 0.2) is 0 Å². The summed E-state index contributed by atoms with van der Waals surface area (Å²) in [5.74, 6) is -0.505. The molecule has 1 aromatic carbocycles. The van der Waals surface area contributed by atoms with E-state index in [1.54, 1.807) is 0 Å². The third kappa shape index (κ3) is 2.25.